The Morgan fingerprint density at radius 1 is 1.37 bits per heavy atom. The number of rotatable bonds is 2. The smallest absolute Gasteiger partial charge is 0.151 e. The number of imidazole rings is 1. The van der Waals surface area contributed by atoms with Crippen LogP contribution in [0.1, 0.15) is 18.1 Å². The van der Waals surface area contributed by atoms with Crippen molar-refractivity contribution >= 4 is 22.6 Å². The first-order valence-electron chi connectivity index (χ1n) is 5.88. The molecule has 1 atom stereocenters. The summed E-state index contributed by atoms with van der Waals surface area (Å²) in [6, 6.07) is 4.88. The molecule has 1 unspecified atom stereocenters. The van der Waals surface area contributed by atoms with E-state index >= 15 is 0 Å². The molecule has 0 N–H and O–H groups in total. The van der Waals surface area contributed by atoms with Crippen LogP contribution in [-0.2, 0) is 7.05 Å². The van der Waals surface area contributed by atoms with E-state index in [-0.39, 0.29) is 11.2 Å². The van der Waals surface area contributed by atoms with Gasteiger partial charge in [0.25, 0.3) is 0 Å². The molecular weight excluding hydrogens is 267 g/mol. The third-order valence-electron chi connectivity index (χ3n) is 2.97. The molecule has 0 aliphatic heterocycles. The first kappa shape index (κ1) is 12.2. The normalized spacial score (nSPS) is 13.1. The third-order valence-corrected chi connectivity index (χ3v) is 3.16. The highest BCUT2D eigenvalue weighted by Crippen LogP contribution is 2.28. The van der Waals surface area contributed by atoms with Crippen molar-refractivity contribution in [1.82, 2.24) is 19.3 Å². The van der Waals surface area contributed by atoms with Crippen molar-refractivity contribution in [1.29, 1.82) is 0 Å². The van der Waals surface area contributed by atoms with Crippen LogP contribution in [0.25, 0.3) is 16.7 Å². The molecule has 6 heteroatoms. The van der Waals surface area contributed by atoms with Crippen molar-refractivity contribution in [2.45, 2.75) is 12.3 Å². The van der Waals surface area contributed by atoms with Crippen LogP contribution < -0.4 is 0 Å². The van der Waals surface area contributed by atoms with E-state index in [1.165, 1.54) is 6.07 Å². The maximum Gasteiger partial charge on any atom is 0.151 e. The van der Waals surface area contributed by atoms with Gasteiger partial charge in [-0.15, -0.1) is 11.6 Å². The first-order valence-corrected chi connectivity index (χ1v) is 6.31. The molecule has 98 valence electrons. The highest BCUT2D eigenvalue weighted by Gasteiger charge is 2.18. The molecule has 0 saturated carbocycles. The molecule has 4 nitrogen and oxygen atoms in total. The molecule has 0 aliphatic rings. The zero-order valence-corrected chi connectivity index (χ0v) is 11.3. The quantitative estimate of drug-likeness (QED) is 0.675. The zero-order chi connectivity index (χ0) is 13.6. The number of benzene rings is 1. The Kier molecular flexibility index (Phi) is 2.78. The molecule has 0 bridgehead atoms. The summed E-state index contributed by atoms with van der Waals surface area (Å²) in [6.07, 6.45) is 3.55. The average Bonchev–Trinajstić information content (AvgIpc) is 2.93. The Hall–Kier alpha value is -1.88. The van der Waals surface area contributed by atoms with Gasteiger partial charge in [-0.25, -0.2) is 9.37 Å². The second-order valence-electron chi connectivity index (χ2n) is 4.40. The van der Waals surface area contributed by atoms with Crippen LogP contribution in [0.3, 0.4) is 0 Å². The second-order valence-corrected chi connectivity index (χ2v) is 5.06. The van der Waals surface area contributed by atoms with Crippen LogP contribution in [0, 0.1) is 5.82 Å². The van der Waals surface area contributed by atoms with Crippen LogP contribution in [-0.4, -0.2) is 19.3 Å². The van der Waals surface area contributed by atoms with E-state index in [9.17, 15) is 4.39 Å². The molecule has 19 heavy (non-hydrogen) atoms. The predicted molar refractivity (Wildman–Crippen MR) is 72.1 cm³/mol. The van der Waals surface area contributed by atoms with Gasteiger partial charge in [-0.1, -0.05) is 6.07 Å². The van der Waals surface area contributed by atoms with E-state index in [2.05, 4.69) is 10.1 Å². The molecule has 0 saturated heterocycles. The average molecular weight is 279 g/mol. The molecule has 1 aromatic carbocycles. The van der Waals surface area contributed by atoms with Gasteiger partial charge in [0.15, 0.2) is 5.82 Å². The van der Waals surface area contributed by atoms with E-state index in [1.807, 2.05) is 30.8 Å². The van der Waals surface area contributed by atoms with Gasteiger partial charge in [0.1, 0.15) is 11.3 Å². The molecule has 0 aliphatic carbocycles. The van der Waals surface area contributed by atoms with Crippen LogP contribution in [0.15, 0.2) is 30.6 Å². The summed E-state index contributed by atoms with van der Waals surface area (Å²) in [5.41, 5.74) is 1.84. The van der Waals surface area contributed by atoms with Crippen molar-refractivity contribution in [3.63, 3.8) is 0 Å². The van der Waals surface area contributed by atoms with Gasteiger partial charge >= 0.3 is 0 Å². The lowest BCUT2D eigenvalue weighted by Gasteiger charge is -2.07. The van der Waals surface area contributed by atoms with Crippen molar-refractivity contribution < 1.29 is 4.39 Å². The number of fused-ring (bicyclic) bond motifs is 1. The number of aromatic nitrogens is 4. The Morgan fingerprint density at radius 2 is 2.16 bits per heavy atom. The maximum absolute atomic E-state index is 13.8. The largest absolute Gasteiger partial charge is 0.292 e. The lowest BCUT2D eigenvalue weighted by molar-refractivity contribution is 0.637. The summed E-state index contributed by atoms with van der Waals surface area (Å²) < 4.78 is 17.3. The van der Waals surface area contributed by atoms with Gasteiger partial charge in [-0.3, -0.25) is 9.25 Å². The number of hydrogen-bond donors (Lipinski definition) is 0. The van der Waals surface area contributed by atoms with Crippen molar-refractivity contribution in [3.8, 4) is 5.69 Å². The van der Waals surface area contributed by atoms with Gasteiger partial charge in [0.05, 0.1) is 22.8 Å². The number of para-hydroxylation sites is 1. The minimum atomic E-state index is -0.348. The topological polar surface area (TPSA) is 35.6 Å². The Bertz CT molecular complexity index is 744. The molecule has 0 spiro atoms. The van der Waals surface area contributed by atoms with Gasteiger partial charge in [-0.05, 0) is 19.1 Å². The molecular formula is C13H12ClFN4. The van der Waals surface area contributed by atoms with E-state index in [0.29, 0.717) is 16.9 Å². The van der Waals surface area contributed by atoms with Crippen molar-refractivity contribution in [2.75, 3.05) is 0 Å². The summed E-state index contributed by atoms with van der Waals surface area (Å²) in [5.74, 6) is 0.258. The number of aryl methyl sites for hydroxylation is 1. The summed E-state index contributed by atoms with van der Waals surface area (Å²) >= 11 is 6.16. The van der Waals surface area contributed by atoms with E-state index in [0.717, 1.165) is 5.69 Å². The van der Waals surface area contributed by atoms with Crippen molar-refractivity contribution in [3.05, 3.63) is 42.2 Å². The van der Waals surface area contributed by atoms with Gasteiger partial charge in [0, 0.05) is 13.2 Å². The first-order chi connectivity index (χ1) is 9.08. The Labute approximate surface area is 114 Å². The molecule has 2 heterocycles. The highest BCUT2D eigenvalue weighted by atomic mass is 35.5. The van der Waals surface area contributed by atoms with Crippen LogP contribution in [0.2, 0.25) is 0 Å². The summed E-state index contributed by atoms with van der Waals surface area (Å²) in [5, 5.41) is 3.81. The molecule has 2 aromatic heterocycles. The van der Waals surface area contributed by atoms with E-state index in [1.54, 1.807) is 16.9 Å². The molecule has 0 radical (unpaired) electrons. The lowest BCUT2D eigenvalue weighted by Crippen LogP contribution is -2.00. The SMILES string of the molecule is CC(Cl)c1nc2c(F)cccc2n1-c1cnn(C)c1. The van der Waals surface area contributed by atoms with Crippen LogP contribution >= 0.6 is 11.6 Å². The van der Waals surface area contributed by atoms with Crippen LogP contribution in [0.5, 0.6) is 0 Å². The zero-order valence-electron chi connectivity index (χ0n) is 10.5. The molecule has 3 aromatic rings. The van der Waals surface area contributed by atoms with Gasteiger partial charge in [-0.2, -0.15) is 5.10 Å². The number of nitrogens with zero attached hydrogens (tertiary/aromatic N) is 4. The fourth-order valence-electron chi connectivity index (χ4n) is 2.15. The third kappa shape index (κ3) is 1.90. The number of alkyl halides is 1. The molecule has 0 amide bonds. The fourth-order valence-corrected chi connectivity index (χ4v) is 2.29. The van der Waals surface area contributed by atoms with Crippen molar-refractivity contribution in [2.24, 2.45) is 7.05 Å². The van der Waals surface area contributed by atoms with E-state index < -0.39 is 0 Å². The van der Waals surface area contributed by atoms with Gasteiger partial charge < -0.3 is 0 Å². The Morgan fingerprint density at radius 3 is 2.79 bits per heavy atom. The van der Waals surface area contributed by atoms with E-state index in [4.69, 9.17) is 11.6 Å². The Balaban J connectivity index is 2.37. The molecule has 0 fully saturated rings. The predicted octanol–water partition coefficient (Wildman–Crippen LogP) is 3.20. The summed E-state index contributed by atoms with van der Waals surface area (Å²) in [6.45, 7) is 1.81. The second kappa shape index (κ2) is 4.35. The molecule has 3 rings (SSSR count). The minimum Gasteiger partial charge on any atom is -0.292 e. The monoisotopic (exact) mass is 278 g/mol. The maximum atomic E-state index is 13.8. The fraction of sp³-hybridized carbons (Fsp3) is 0.231. The summed E-state index contributed by atoms with van der Waals surface area (Å²) in [4.78, 5) is 4.32. The number of hydrogen-bond acceptors (Lipinski definition) is 2. The number of halogens is 2. The van der Waals surface area contributed by atoms with Gasteiger partial charge in [0.2, 0.25) is 0 Å². The minimum absolute atomic E-state index is 0.327. The van der Waals surface area contributed by atoms with Crippen LogP contribution in [0.4, 0.5) is 4.39 Å². The summed E-state index contributed by atoms with van der Waals surface area (Å²) in [7, 11) is 1.83. The highest BCUT2D eigenvalue weighted by molar-refractivity contribution is 6.20. The standard InChI is InChI=1S/C13H12ClFN4/c1-8(14)13-17-12-10(15)4-3-5-11(12)19(13)9-6-16-18(2)7-9/h3-8H,1-2H3. The lowest BCUT2D eigenvalue weighted by atomic mass is 10.3.